The van der Waals surface area contributed by atoms with Gasteiger partial charge >= 0.3 is 0 Å². The highest BCUT2D eigenvalue weighted by Crippen LogP contribution is 2.12. The fraction of sp³-hybridized carbons (Fsp3) is 0.647. The third-order valence-electron chi connectivity index (χ3n) is 3.01. The summed E-state index contributed by atoms with van der Waals surface area (Å²) < 4.78 is 5.73. The number of aryl methyl sites for hydroxylation is 1. The van der Waals surface area contributed by atoms with Crippen LogP contribution in [0.2, 0.25) is 0 Å². The van der Waals surface area contributed by atoms with Gasteiger partial charge in [0.25, 0.3) is 0 Å². The molecule has 1 unspecified atom stereocenters. The number of hydrogen-bond donors (Lipinski definition) is 2. The predicted molar refractivity (Wildman–Crippen MR) is 86.5 cm³/mol. The van der Waals surface area contributed by atoms with Gasteiger partial charge in [-0.2, -0.15) is 0 Å². The van der Waals surface area contributed by atoms with Gasteiger partial charge in [0, 0.05) is 18.1 Å². The molecule has 2 N–H and O–H groups in total. The molecule has 0 fully saturated rings. The first-order valence-electron chi connectivity index (χ1n) is 7.55. The standard InChI is InChI=1S/C17H30N2O/c1-14-8-6-9-16(12-14)20-11-7-10-18-15(2)13-19-17(3,4)5/h6,8-9,12,15,18-19H,7,10-11,13H2,1-5H3. The summed E-state index contributed by atoms with van der Waals surface area (Å²) in [5.74, 6) is 0.965. The van der Waals surface area contributed by atoms with Crippen LogP contribution in [0.5, 0.6) is 5.75 Å². The summed E-state index contributed by atoms with van der Waals surface area (Å²) in [6.45, 7) is 13.6. The van der Waals surface area contributed by atoms with E-state index < -0.39 is 0 Å². The summed E-state index contributed by atoms with van der Waals surface area (Å²) in [5.41, 5.74) is 1.42. The van der Waals surface area contributed by atoms with E-state index in [9.17, 15) is 0 Å². The van der Waals surface area contributed by atoms with E-state index in [0.717, 1.165) is 31.9 Å². The monoisotopic (exact) mass is 278 g/mol. The van der Waals surface area contributed by atoms with Gasteiger partial charge in [0.05, 0.1) is 6.61 Å². The van der Waals surface area contributed by atoms with Crippen molar-refractivity contribution in [3.8, 4) is 5.75 Å². The SMILES string of the molecule is Cc1cccc(OCCCNC(C)CNC(C)(C)C)c1. The lowest BCUT2D eigenvalue weighted by atomic mass is 10.1. The van der Waals surface area contributed by atoms with Crippen molar-refractivity contribution in [3.63, 3.8) is 0 Å². The van der Waals surface area contributed by atoms with Crippen molar-refractivity contribution in [2.45, 2.75) is 52.6 Å². The first-order chi connectivity index (χ1) is 9.37. The Hall–Kier alpha value is -1.06. The molecular formula is C17H30N2O. The van der Waals surface area contributed by atoms with Crippen molar-refractivity contribution >= 4 is 0 Å². The smallest absolute Gasteiger partial charge is 0.119 e. The fourth-order valence-corrected chi connectivity index (χ4v) is 1.85. The van der Waals surface area contributed by atoms with Gasteiger partial charge in [-0.1, -0.05) is 12.1 Å². The molecule has 0 radical (unpaired) electrons. The average Bonchev–Trinajstić information content (AvgIpc) is 2.35. The molecule has 0 aliphatic carbocycles. The largest absolute Gasteiger partial charge is 0.494 e. The Bertz CT molecular complexity index is 385. The van der Waals surface area contributed by atoms with Crippen molar-refractivity contribution in [1.29, 1.82) is 0 Å². The number of hydrogen-bond acceptors (Lipinski definition) is 3. The molecule has 3 heteroatoms. The quantitative estimate of drug-likeness (QED) is 0.717. The highest BCUT2D eigenvalue weighted by molar-refractivity contribution is 5.27. The fourth-order valence-electron chi connectivity index (χ4n) is 1.85. The molecular weight excluding hydrogens is 248 g/mol. The van der Waals surface area contributed by atoms with Crippen LogP contribution in [-0.2, 0) is 0 Å². The number of nitrogens with one attached hydrogen (secondary N) is 2. The topological polar surface area (TPSA) is 33.3 Å². The highest BCUT2D eigenvalue weighted by Gasteiger charge is 2.10. The number of benzene rings is 1. The molecule has 3 nitrogen and oxygen atoms in total. The Morgan fingerprint density at radius 3 is 2.65 bits per heavy atom. The van der Waals surface area contributed by atoms with E-state index >= 15 is 0 Å². The van der Waals surface area contributed by atoms with Crippen LogP contribution in [0.15, 0.2) is 24.3 Å². The van der Waals surface area contributed by atoms with Gasteiger partial charge in [-0.3, -0.25) is 0 Å². The van der Waals surface area contributed by atoms with E-state index in [0.29, 0.717) is 6.04 Å². The third kappa shape index (κ3) is 8.18. The lowest BCUT2D eigenvalue weighted by Gasteiger charge is -2.24. The summed E-state index contributed by atoms with van der Waals surface area (Å²) in [6, 6.07) is 8.68. The molecule has 1 rings (SSSR count). The first kappa shape index (κ1) is 17.0. The lowest BCUT2D eigenvalue weighted by Crippen LogP contribution is -2.44. The predicted octanol–water partition coefficient (Wildman–Crippen LogP) is 3.13. The number of ether oxygens (including phenoxy) is 1. The molecule has 0 aliphatic heterocycles. The maximum atomic E-state index is 5.73. The van der Waals surface area contributed by atoms with Crippen LogP contribution >= 0.6 is 0 Å². The van der Waals surface area contributed by atoms with Crippen LogP contribution in [0.1, 0.15) is 39.7 Å². The zero-order chi connectivity index (χ0) is 15.0. The average molecular weight is 278 g/mol. The van der Waals surface area contributed by atoms with Crippen molar-refractivity contribution in [3.05, 3.63) is 29.8 Å². The molecule has 1 atom stereocenters. The second-order valence-corrected chi connectivity index (χ2v) is 6.50. The Morgan fingerprint density at radius 1 is 1.25 bits per heavy atom. The Kier molecular flexibility index (Phi) is 7.03. The molecule has 0 heterocycles. The third-order valence-corrected chi connectivity index (χ3v) is 3.01. The van der Waals surface area contributed by atoms with Gasteiger partial charge in [-0.25, -0.2) is 0 Å². The zero-order valence-corrected chi connectivity index (χ0v) is 13.6. The van der Waals surface area contributed by atoms with E-state index in [2.05, 4.69) is 57.4 Å². The van der Waals surface area contributed by atoms with Crippen molar-refractivity contribution < 1.29 is 4.74 Å². The van der Waals surface area contributed by atoms with E-state index in [-0.39, 0.29) is 5.54 Å². The zero-order valence-electron chi connectivity index (χ0n) is 13.6. The maximum Gasteiger partial charge on any atom is 0.119 e. The van der Waals surface area contributed by atoms with Crippen LogP contribution in [0.25, 0.3) is 0 Å². The molecule has 0 bridgehead atoms. The van der Waals surface area contributed by atoms with Gasteiger partial charge in [0.1, 0.15) is 5.75 Å². The summed E-state index contributed by atoms with van der Waals surface area (Å²) in [5, 5.41) is 7.01. The van der Waals surface area contributed by atoms with Gasteiger partial charge in [0.2, 0.25) is 0 Å². The van der Waals surface area contributed by atoms with Crippen LogP contribution in [-0.4, -0.2) is 31.3 Å². The van der Waals surface area contributed by atoms with E-state index in [4.69, 9.17) is 4.74 Å². The summed E-state index contributed by atoms with van der Waals surface area (Å²) >= 11 is 0. The molecule has 1 aromatic carbocycles. The maximum absolute atomic E-state index is 5.73. The van der Waals surface area contributed by atoms with E-state index in [1.54, 1.807) is 0 Å². The normalized spacial score (nSPS) is 13.2. The minimum absolute atomic E-state index is 0.185. The van der Waals surface area contributed by atoms with Crippen LogP contribution in [0.3, 0.4) is 0 Å². The van der Waals surface area contributed by atoms with Crippen LogP contribution < -0.4 is 15.4 Å². The minimum atomic E-state index is 0.185. The van der Waals surface area contributed by atoms with E-state index in [1.165, 1.54) is 5.56 Å². The second-order valence-electron chi connectivity index (χ2n) is 6.50. The molecule has 0 spiro atoms. The first-order valence-corrected chi connectivity index (χ1v) is 7.55. The van der Waals surface area contributed by atoms with Gasteiger partial charge < -0.3 is 15.4 Å². The molecule has 20 heavy (non-hydrogen) atoms. The molecule has 0 aliphatic rings. The lowest BCUT2D eigenvalue weighted by molar-refractivity contribution is 0.302. The van der Waals surface area contributed by atoms with Gasteiger partial charge in [-0.15, -0.1) is 0 Å². The molecule has 114 valence electrons. The number of rotatable bonds is 8. The minimum Gasteiger partial charge on any atom is -0.494 e. The summed E-state index contributed by atoms with van der Waals surface area (Å²) in [7, 11) is 0. The van der Waals surface area contributed by atoms with Crippen LogP contribution in [0.4, 0.5) is 0 Å². The Balaban J connectivity index is 2.07. The van der Waals surface area contributed by atoms with Crippen LogP contribution in [0, 0.1) is 6.92 Å². The Labute approximate surface area is 124 Å². The molecule has 1 aromatic rings. The summed E-state index contributed by atoms with van der Waals surface area (Å²) in [4.78, 5) is 0. The molecule has 0 amide bonds. The molecule has 0 saturated heterocycles. The highest BCUT2D eigenvalue weighted by atomic mass is 16.5. The molecule has 0 aromatic heterocycles. The summed E-state index contributed by atoms with van der Waals surface area (Å²) in [6.07, 6.45) is 1.02. The second kappa shape index (κ2) is 8.28. The Morgan fingerprint density at radius 2 is 2.00 bits per heavy atom. The van der Waals surface area contributed by atoms with Crippen molar-refractivity contribution in [2.75, 3.05) is 19.7 Å². The van der Waals surface area contributed by atoms with Gasteiger partial charge in [0.15, 0.2) is 0 Å². The van der Waals surface area contributed by atoms with Crippen molar-refractivity contribution in [1.82, 2.24) is 10.6 Å². The molecule has 0 saturated carbocycles. The van der Waals surface area contributed by atoms with E-state index in [1.807, 2.05) is 12.1 Å². The van der Waals surface area contributed by atoms with Gasteiger partial charge in [-0.05, 0) is 65.3 Å². The van der Waals surface area contributed by atoms with Crippen molar-refractivity contribution in [2.24, 2.45) is 0 Å².